The quantitative estimate of drug-likeness (QED) is 0.391. The molecule has 2 aromatic carbocycles. The van der Waals surface area contributed by atoms with Gasteiger partial charge in [-0.3, -0.25) is 10.1 Å². The van der Waals surface area contributed by atoms with Crippen molar-refractivity contribution >= 4 is 22.7 Å². The molecule has 2 rings (SSSR count). The number of nitrogens with two attached hydrogens (primary N) is 1. The second-order valence-corrected chi connectivity index (χ2v) is 4.39. The first-order chi connectivity index (χ1) is 9.50. The normalized spacial score (nSPS) is 10.9. The molecule has 0 fully saturated rings. The highest BCUT2D eigenvalue weighted by atomic mass is 16.6. The zero-order valence-electron chi connectivity index (χ0n) is 11.2. The Kier molecular flexibility index (Phi) is 3.74. The van der Waals surface area contributed by atoms with Crippen LogP contribution in [0.5, 0.6) is 0 Å². The Labute approximate surface area is 116 Å². The summed E-state index contributed by atoms with van der Waals surface area (Å²) < 4.78 is 0. The molecule has 0 aromatic heterocycles. The minimum atomic E-state index is -0.509. The predicted octanol–water partition coefficient (Wildman–Crippen LogP) is 4.21. The van der Waals surface area contributed by atoms with E-state index < -0.39 is 4.92 Å². The predicted molar refractivity (Wildman–Crippen MR) is 77.6 cm³/mol. The summed E-state index contributed by atoms with van der Waals surface area (Å²) in [6.45, 7) is 3.62. The minimum absolute atomic E-state index is 0.114. The molecule has 20 heavy (non-hydrogen) atoms. The van der Waals surface area contributed by atoms with Crippen LogP contribution in [0.3, 0.4) is 0 Å². The molecule has 0 spiro atoms. The molecule has 0 bridgehead atoms. The molecule has 2 aromatic rings. The standard InChI is InChI=1S/C14H14N4O2/c1-9-5-3-4-6-11(9)16-17-12-7-8-13(18(19)20)14(15)10(12)2/h3-8H,15H2,1-2H3. The van der Waals surface area contributed by atoms with E-state index in [1.165, 1.54) is 6.07 Å². The summed E-state index contributed by atoms with van der Waals surface area (Å²) in [7, 11) is 0. The summed E-state index contributed by atoms with van der Waals surface area (Å²) in [6, 6.07) is 10.5. The van der Waals surface area contributed by atoms with Crippen LogP contribution in [0.2, 0.25) is 0 Å². The van der Waals surface area contributed by atoms with E-state index >= 15 is 0 Å². The van der Waals surface area contributed by atoms with E-state index in [0.29, 0.717) is 11.3 Å². The monoisotopic (exact) mass is 270 g/mol. The Morgan fingerprint density at radius 1 is 1.05 bits per heavy atom. The van der Waals surface area contributed by atoms with Gasteiger partial charge in [-0.25, -0.2) is 0 Å². The molecule has 0 atom stereocenters. The van der Waals surface area contributed by atoms with Crippen LogP contribution in [0.1, 0.15) is 11.1 Å². The maximum atomic E-state index is 10.8. The zero-order valence-corrected chi connectivity index (χ0v) is 11.2. The fraction of sp³-hybridized carbons (Fsp3) is 0.143. The van der Waals surface area contributed by atoms with Crippen LogP contribution < -0.4 is 5.73 Å². The molecule has 0 amide bonds. The van der Waals surface area contributed by atoms with Gasteiger partial charge in [-0.15, -0.1) is 0 Å². The van der Waals surface area contributed by atoms with Crippen LogP contribution in [-0.4, -0.2) is 4.92 Å². The topological polar surface area (TPSA) is 93.9 Å². The van der Waals surface area contributed by atoms with E-state index in [1.54, 1.807) is 13.0 Å². The Balaban J connectivity index is 2.38. The van der Waals surface area contributed by atoms with Crippen LogP contribution in [0.25, 0.3) is 0 Å². The van der Waals surface area contributed by atoms with Gasteiger partial charge in [0, 0.05) is 11.6 Å². The van der Waals surface area contributed by atoms with Crippen molar-refractivity contribution in [1.82, 2.24) is 0 Å². The van der Waals surface area contributed by atoms with Crippen molar-refractivity contribution in [2.75, 3.05) is 5.73 Å². The minimum Gasteiger partial charge on any atom is -0.393 e. The Morgan fingerprint density at radius 2 is 1.70 bits per heavy atom. The molecule has 0 heterocycles. The summed E-state index contributed by atoms with van der Waals surface area (Å²) in [5.74, 6) is 0. The number of rotatable bonds is 3. The maximum Gasteiger partial charge on any atom is 0.292 e. The number of benzene rings is 2. The van der Waals surface area contributed by atoms with Gasteiger partial charge in [-0.05, 0) is 31.5 Å². The van der Waals surface area contributed by atoms with E-state index in [9.17, 15) is 10.1 Å². The third-order valence-electron chi connectivity index (χ3n) is 3.04. The van der Waals surface area contributed by atoms with Crippen molar-refractivity contribution in [1.29, 1.82) is 0 Å². The van der Waals surface area contributed by atoms with Crippen molar-refractivity contribution in [3.05, 3.63) is 57.6 Å². The third-order valence-corrected chi connectivity index (χ3v) is 3.04. The second-order valence-electron chi connectivity index (χ2n) is 4.39. The number of hydrogen-bond acceptors (Lipinski definition) is 5. The van der Waals surface area contributed by atoms with Crippen LogP contribution in [-0.2, 0) is 0 Å². The number of nitrogen functional groups attached to an aromatic ring is 1. The number of hydrogen-bond donors (Lipinski definition) is 1. The van der Waals surface area contributed by atoms with Crippen LogP contribution in [0, 0.1) is 24.0 Å². The van der Waals surface area contributed by atoms with Crippen molar-refractivity contribution in [3.63, 3.8) is 0 Å². The Morgan fingerprint density at radius 3 is 2.35 bits per heavy atom. The van der Waals surface area contributed by atoms with Crippen molar-refractivity contribution in [3.8, 4) is 0 Å². The van der Waals surface area contributed by atoms with Gasteiger partial charge in [0.2, 0.25) is 0 Å². The average Bonchev–Trinajstić information content (AvgIpc) is 2.41. The number of anilines is 1. The summed E-state index contributed by atoms with van der Waals surface area (Å²) >= 11 is 0. The zero-order chi connectivity index (χ0) is 14.7. The lowest BCUT2D eigenvalue weighted by Crippen LogP contribution is -1.97. The Bertz CT molecular complexity index is 696. The molecule has 0 aliphatic carbocycles. The summed E-state index contributed by atoms with van der Waals surface area (Å²) in [5.41, 5.74) is 8.58. The molecule has 102 valence electrons. The Hall–Kier alpha value is -2.76. The average molecular weight is 270 g/mol. The molecule has 0 aliphatic rings. The van der Waals surface area contributed by atoms with Crippen molar-refractivity contribution in [2.45, 2.75) is 13.8 Å². The number of azo groups is 1. The van der Waals surface area contributed by atoms with Gasteiger partial charge in [-0.1, -0.05) is 18.2 Å². The number of aryl methyl sites for hydroxylation is 1. The first kappa shape index (κ1) is 13.7. The molecular weight excluding hydrogens is 256 g/mol. The molecule has 6 nitrogen and oxygen atoms in total. The van der Waals surface area contributed by atoms with E-state index in [4.69, 9.17) is 5.73 Å². The van der Waals surface area contributed by atoms with Gasteiger partial charge in [0.1, 0.15) is 5.69 Å². The fourth-order valence-electron chi connectivity index (χ4n) is 1.75. The molecule has 0 saturated carbocycles. The first-order valence-corrected chi connectivity index (χ1v) is 6.01. The van der Waals surface area contributed by atoms with E-state index in [-0.39, 0.29) is 11.4 Å². The highest BCUT2D eigenvalue weighted by Crippen LogP contribution is 2.33. The van der Waals surface area contributed by atoms with E-state index in [2.05, 4.69) is 10.2 Å². The summed E-state index contributed by atoms with van der Waals surface area (Å²) in [5, 5.41) is 19.1. The molecule has 2 N–H and O–H groups in total. The molecule has 0 aliphatic heterocycles. The number of nitro groups is 1. The largest absolute Gasteiger partial charge is 0.393 e. The first-order valence-electron chi connectivity index (χ1n) is 6.01. The molecule has 6 heteroatoms. The second kappa shape index (κ2) is 5.48. The highest BCUT2D eigenvalue weighted by Gasteiger charge is 2.15. The van der Waals surface area contributed by atoms with Crippen molar-refractivity contribution < 1.29 is 4.92 Å². The van der Waals surface area contributed by atoms with Gasteiger partial charge < -0.3 is 5.73 Å². The highest BCUT2D eigenvalue weighted by molar-refractivity contribution is 5.70. The van der Waals surface area contributed by atoms with Gasteiger partial charge in [0.05, 0.1) is 16.3 Å². The lowest BCUT2D eigenvalue weighted by atomic mass is 10.1. The van der Waals surface area contributed by atoms with Gasteiger partial charge >= 0.3 is 0 Å². The molecule has 0 unspecified atom stereocenters. The van der Waals surface area contributed by atoms with Crippen LogP contribution in [0.15, 0.2) is 46.6 Å². The van der Waals surface area contributed by atoms with E-state index in [0.717, 1.165) is 11.3 Å². The lowest BCUT2D eigenvalue weighted by Gasteiger charge is -2.04. The maximum absolute atomic E-state index is 10.8. The summed E-state index contributed by atoms with van der Waals surface area (Å²) in [4.78, 5) is 10.3. The van der Waals surface area contributed by atoms with Gasteiger partial charge in [0.15, 0.2) is 0 Å². The van der Waals surface area contributed by atoms with Crippen LogP contribution in [0.4, 0.5) is 22.7 Å². The number of nitrogens with zero attached hydrogens (tertiary/aromatic N) is 3. The molecule has 0 radical (unpaired) electrons. The van der Waals surface area contributed by atoms with Crippen molar-refractivity contribution in [2.24, 2.45) is 10.2 Å². The van der Waals surface area contributed by atoms with Gasteiger partial charge in [-0.2, -0.15) is 10.2 Å². The SMILES string of the molecule is Cc1ccccc1N=Nc1ccc([N+](=O)[O-])c(N)c1C. The summed E-state index contributed by atoms with van der Waals surface area (Å²) in [6.07, 6.45) is 0. The smallest absolute Gasteiger partial charge is 0.292 e. The molecule has 0 saturated heterocycles. The molecular formula is C14H14N4O2. The lowest BCUT2D eigenvalue weighted by molar-refractivity contribution is -0.383. The van der Waals surface area contributed by atoms with E-state index in [1.807, 2.05) is 31.2 Å². The third kappa shape index (κ3) is 2.64. The van der Waals surface area contributed by atoms with Gasteiger partial charge in [0.25, 0.3) is 5.69 Å². The van der Waals surface area contributed by atoms with Crippen LogP contribution >= 0.6 is 0 Å². The number of nitro benzene ring substituents is 1. The fourth-order valence-corrected chi connectivity index (χ4v) is 1.75.